The van der Waals surface area contributed by atoms with Crippen LogP contribution in [0.4, 0.5) is 11.4 Å². The van der Waals surface area contributed by atoms with Crippen molar-refractivity contribution in [3.8, 4) is 5.75 Å². The molecule has 2 aromatic carbocycles. The molecule has 0 bridgehead atoms. The van der Waals surface area contributed by atoms with Crippen LogP contribution in [-0.2, 0) is 0 Å². The summed E-state index contributed by atoms with van der Waals surface area (Å²) < 4.78 is 5.26. The molecule has 0 fully saturated rings. The van der Waals surface area contributed by atoms with E-state index in [2.05, 4.69) is 5.32 Å². The zero-order chi connectivity index (χ0) is 13.0. The molecule has 4 nitrogen and oxygen atoms in total. The van der Waals surface area contributed by atoms with Crippen molar-refractivity contribution < 1.29 is 4.74 Å². The number of rotatable bonds is 4. The molecular weight excluding hydrogens is 226 g/mol. The van der Waals surface area contributed by atoms with Crippen LogP contribution >= 0.6 is 0 Å². The van der Waals surface area contributed by atoms with Crippen molar-refractivity contribution in [3.05, 3.63) is 54.1 Å². The molecule has 18 heavy (non-hydrogen) atoms. The highest BCUT2D eigenvalue weighted by Crippen LogP contribution is 2.26. The molecule has 0 aliphatic heterocycles. The summed E-state index contributed by atoms with van der Waals surface area (Å²) in [6.45, 7) is 0. The van der Waals surface area contributed by atoms with Gasteiger partial charge in [-0.25, -0.2) is 0 Å². The number of nitrogens with two attached hydrogens (primary N) is 1. The van der Waals surface area contributed by atoms with Crippen LogP contribution in [0, 0.1) is 5.41 Å². The Hall–Kier alpha value is -2.49. The van der Waals surface area contributed by atoms with Gasteiger partial charge in [0.05, 0.1) is 12.8 Å². The van der Waals surface area contributed by atoms with E-state index in [0.717, 1.165) is 17.1 Å². The smallest absolute Gasteiger partial charge is 0.142 e. The standard InChI is InChI=1S/C14H15N3O/c1-18-13-5-3-2-4-12(13)17-11-8-6-10(7-9-11)14(15)16/h2-9,17H,1H3,(H3,15,16). The molecule has 0 atom stereocenters. The fraction of sp³-hybridized carbons (Fsp3) is 0.0714. The maximum atomic E-state index is 7.33. The molecule has 0 saturated carbocycles. The van der Waals surface area contributed by atoms with Gasteiger partial charge in [0.25, 0.3) is 0 Å². The number of anilines is 2. The zero-order valence-corrected chi connectivity index (χ0v) is 10.1. The minimum atomic E-state index is 0.0684. The maximum absolute atomic E-state index is 7.33. The maximum Gasteiger partial charge on any atom is 0.142 e. The Kier molecular flexibility index (Phi) is 3.48. The Morgan fingerprint density at radius 2 is 1.78 bits per heavy atom. The van der Waals surface area contributed by atoms with Gasteiger partial charge in [-0.3, -0.25) is 5.41 Å². The number of nitrogen functional groups attached to an aromatic ring is 1. The monoisotopic (exact) mass is 241 g/mol. The van der Waals surface area contributed by atoms with Gasteiger partial charge in [-0.15, -0.1) is 0 Å². The van der Waals surface area contributed by atoms with Gasteiger partial charge in [0, 0.05) is 11.3 Å². The molecule has 0 saturated heterocycles. The van der Waals surface area contributed by atoms with Crippen LogP contribution in [0.5, 0.6) is 5.75 Å². The summed E-state index contributed by atoms with van der Waals surface area (Å²) >= 11 is 0. The minimum Gasteiger partial charge on any atom is -0.495 e. The normalized spacial score (nSPS) is 9.83. The van der Waals surface area contributed by atoms with E-state index < -0.39 is 0 Å². The van der Waals surface area contributed by atoms with Crippen molar-refractivity contribution in [2.45, 2.75) is 0 Å². The first-order valence-electron chi connectivity index (χ1n) is 5.55. The van der Waals surface area contributed by atoms with Gasteiger partial charge in [-0.1, -0.05) is 12.1 Å². The van der Waals surface area contributed by atoms with Crippen molar-refractivity contribution in [2.24, 2.45) is 5.73 Å². The minimum absolute atomic E-state index is 0.0684. The molecule has 4 heteroatoms. The predicted molar refractivity (Wildman–Crippen MR) is 73.7 cm³/mol. The Morgan fingerprint density at radius 1 is 1.11 bits per heavy atom. The lowest BCUT2D eigenvalue weighted by atomic mass is 10.2. The van der Waals surface area contributed by atoms with Gasteiger partial charge in [-0.2, -0.15) is 0 Å². The number of para-hydroxylation sites is 2. The Bertz CT molecular complexity index is 549. The third-order valence-corrected chi connectivity index (χ3v) is 2.58. The van der Waals surface area contributed by atoms with E-state index in [-0.39, 0.29) is 5.84 Å². The van der Waals surface area contributed by atoms with Crippen molar-refractivity contribution in [3.63, 3.8) is 0 Å². The third-order valence-electron chi connectivity index (χ3n) is 2.58. The first kappa shape index (κ1) is 12.0. The SMILES string of the molecule is COc1ccccc1Nc1ccc(C(=N)N)cc1. The lowest BCUT2D eigenvalue weighted by Gasteiger charge is -2.11. The summed E-state index contributed by atoms with van der Waals surface area (Å²) in [5.74, 6) is 0.854. The second-order valence-electron chi connectivity index (χ2n) is 3.82. The molecule has 92 valence electrons. The quantitative estimate of drug-likeness (QED) is 0.569. The molecule has 0 unspecified atom stereocenters. The summed E-state index contributed by atoms with van der Waals surface area (Å²) in [6, 6.07) is 15.1. The number of benzene rings is 2. The average Bonchev–Trinajstić information content (AvgIpc) is 2.40. The number of methoxy groups -OCH3 is 1. The molecule has 0 aliphatic carbocycles. The number of ether oxygens (including phenoxy) is 1. The lowest BCUT2D eigenvalue weighted by Crippen LogP contribution is -2.10. The molecule has 0 aliphatic rings. The van der Waals surface area contributed by atoms with Crippen molar-refractivity contribution in [2.75, 3.05) is 12.4 Å². The Balaban J connectivity index is 2.21. The third kappa shape index (κ3) is 2.60. The molecule has 0 amide bonds. The summed E-state index contributed by atoms with van der Waals surface area (Å²) in [5.41, 5.74) is 7.93. The largest absolute Gasteiger partial charge is 0.495 e. The van der Waals surface area contributed by atoms with Gasteiger partial charge in [0.15, 0.2) is 0 Å². The molecule has 4 N–H and O–H groups in total. The summed E-state index contributed by atoms with van der Waals surface area (Å²) in [7, 11) is 1.64. The van der Waals surface area contributed by atoms with E-state index in [0.29, 0.717) is 5.56 Å². The number of nitrogens with one attached hydrogen (secondary N) is 2. The lowest BCUT2D eigenvalue weighted by molar-refractivity contribution is 0.417. The predicted octanol–water partition coefficient (Wildman–Crippen LogP) is 2.72. The summed E-state index contributed by atoms with van der Waals surface area (Å²) in [5, 5.41) is 10.6. The molecule has 2 aromatic rings. The van der Waals surface area contributed by atoms with Crippen LogP contribution in [0.2, 0.25) is 0 Å². The van der Waals surface area contributed by atoms with E-state index in [9.17, 15) is 0 Å². The molecule has 0 radical (unpaired) electrons. The molecule has 0 aromatic heterocycles. The van der Waals surface area contributed by atoms with Gasteiger partial charge in [0.2, 0.25) is 0 Å². The van der Waals surface area contributed by atoms with Crippen LogP contribution in [0.3, 0.4) is 0 Å². The van der Waals surface area contributed by atoms with E-state index in [1.54, 1.807) is 19.2 Å². The second-order valence-corrected chi connectivity index (χ2v) is 3.82. The van der Waals surface area contributed by atoms with Crippen LogP contribution < -0.4 is 15.8 Å². The Labute approximate surface area is 106 Å². The van der Waals surface area contributed by atoms with Gasteiger partial charge in [-0.05, 0) is 36.4 Å². The molecule has 0 heterocycles. The molecule has 2 rings (SSSR count). The molecule has 0 spiro atoms. The number of hydrogen-bond donors (Lipinski definition) is 3. The fourth-order valence-electron chi connectivity index (χ4n) is 1.64. The van der Waals surface area contributed by atoms with E-state index in [1.807, 2.05) is 36.4 Å². The van der Waals surface area contributed by atoms with Crippen molar-refractivity contribution in [1.29, 1.82) is 5.41 Å². The first-order chi connectivity index (χ1) is 8.70. The second kappa shape index (κ2) is 5.23. The Morgan fingerprint density at radius 3 is 2.39 bits per heavy atom. The van der Waals surface area contributed by atoms with E-state index >= 15 is 0 Å². The van der Waals surface area contributed by atoms with Crippen LogP contribution in [0.1, 0.15) is 5.56 Å². The highest BCUT2D eigenvalue weighted by Gasteiger charge is 2.02. The van der Waals surface area contributed by atoms with Crippen LogP contribution in [-0.4, -0.2) is 12.9 Å². The number of amidine groups is 1. The fourth-order valence-corrected chi connectivity index (χ4v) is 1.64. The zero-order valence-electron chi connectivity index (χ0n) is 10.1. The van der Waals surface area contributed by atoms with Crippen molar-refractivity contribution >= 4 is 17.2 Å². The van der Waals surface area contributed by atoms with Gasteiger partial charge in [0.1, 0.15) is 11.6 Å². The highest BCUT2D eigenvalue weighted by molar-refractivity contribution is 5.95. The topological polar surface area (TPSA) is 71.1 Å². The summed E-state index contributed by atoms with van der Waals surface area (Å²) in [6.07, 6.45) is 0. The molecular formula is C14H15N3O. The van der Waals surface area contributed by atoms with E-state index in [1.165, 1.54) is 0 Å². The summed E-state index contributed by atoms with van der Waals surface area (Å²) in [4.78, 5) is 0. The van der Waals surface area contributed by atoms with Crippen LogP contribution in [0.25, 0.3) is 0 Å². The van der Waals surface area contributed by atoms with Crippen molar-refractivity contribution in [1.82, 2.24) is 0 Å². The average molecular weight is 241 g/mol. The highest BCUT2D eigenvalue weighted by atomic mass is 16.5. The van der Waals surface area contributed by atoms with Crippen LogP contribution in [0.15, 0.2) is 48.5 Å². The number of hydrogen-bond acceptors (Lipinski definition) is 3. The van der Waals surface area contributed by atoms with Gasteiger partial charge >= 0.3 is 0 Å². The first-order valence-corrected chi connectivity index (χ1v) is 5.55. The van der Waals surface area contributed by atoms with E-state index in [4.69, 9.17) is 15.9 Å². The van der Waals surface area contributed by atoms with Gasteiger partial charge < -0.3 is 15.8 Å².